The van der Waals surface area contributed by atoms with Crippen molar-refractivity contribution in [1.82, 2.24) is 14.9 Å². The zero-order valence-electron chi connectivity index (χ0n) is 17.3. The van der Waals surface area contributed by atoms with Gasteiger partial charge in [0.15, 0.2) is 23.2 Å². The molecule has 0 radical (unpaired) electrons. The van der Waals surface area contributed by atoms with E-state index >= 15 is 0 Å². The summed E-state index contributed by atoms with van der Waals surface area (Å²) in [5, 5.41) is 6.03. The van der Waals surface area contributed by atoms with Crippen LogP contribution in [0.2, 0.25) is 0 Å². The van der Waals surface area contributed by atoms with E-state index in [1.54, 1.807) is 24.6 Å². The third kappa shape index (κ3) is 5.31. The maximum atomic E-state index is 11.0. The molecule has 3 heterocycles. The fourth-order valence-electron chi connectivity index (χ4n) is 3.76. The molecule has 2 aromatic heterocycles. The van der Waals surface area contributed by atoms with Gasteiger partial charge in [-0.25, -0.2) is 9.97 Å². The summed E-state index contributed by atoms with van der Waals surface area (Å²) in [4.78, 5) is 22.5. The van der Waals surface area contributed by atoms with E-state index in [4.69, 9.17) is 20.2 Å². The van der Waals surface area contributed by atoms with E-state index in [2.05, 4.69) is 21.3 Å². The largest absolute Gasteiger partial charge is 0.493 e. The molecule has 31 heavy (non-hydrogen) atoms. The number of methoxy groups -OCH3 is 1. The highest BCUT2D eigenvalue weighted by atomic mass is 32.1. The molecule has 0 saturated carbocycles. The molecule has 1 aromatic carbocycles. The van der Waals surface area contributed by atoms with Crippen LogP contribution in [0.4, 0.5) is 10.9 Å². The Kier molecular flexibility index (Phi) is 6.63. The molecule has 162 valence electrons. The molecule has 3 aromatic rings. The molecule has 1 aliphatic heterocycles. The van der Waals surface area contributed by atoms with Gasteiger partial charge in [-0.3, -0.25) is 9.69 Å². The highest BCUT2D eigenvalue weighted by Crippen LogP contribution is 2.35. The molecular weight excluding hydrogens is 414 g/mol. The number of pyridine rings is 1. The molecule has 1 atom stereocenters. The zero-order valence-corrected chi connectivity index (χ0v) is 18.1. The van der Waals surface area contributed by atoms with Crippen LogP contribution in [0, 0.1) is 0 Å². The standard InChI is InChI=1S/C22H25N5O3S/c1-29-19-12-15(7-8-18(19)30-14-20(23)28)13-27-10-3-5-17(27)16-4-2-6-21(25-16)26-22-24-9-11-31-22/h2,4,6-9,11-12,17H,3,5,10,13-14H2,1H3,(H2,23,28)(H,24,25,26)/t17-/m0/s1. The van der Waals surface area contributed by atoms with Gasteiger partial charge in [-0.05, 0) is 49.2 Å². The predicted octanol–water partition coefficient (Wildman–Crippen LogP) is 3.49. The number of likely N-dealkylation sites (tertiary alicyclic amines) is 1. The average molecular weight is 440 g/mol. The van der Waals surface area contributed by atoms with Crippen molar-refractivity contribution in [3.63, 3.8) is 0 Å². The summed E-state index contributed by atoms with van der Waals surface area (Å²) in [7, 11) is 1.58. The van der Waals surface area contributed by atoms with Crippen molar-refractivity contribution in [1.29, 1.82) is 0 Å². The zero-order chi connectivity index (χ0) is 21.6. The fourth-order valence-corrected chi connectivity index (χ4v) is 4.30. The number of benzene rings is 1. The van der Waals surface area contributed by atoms with E-state index < -0.39 is 5.91 Å². The summed E-state index contributed by atoms with van der Waals surface area (Å²) in [5.41, 5.74) is 7.32. The van der Waals surface area contributed by atoms with Gasteiger partial charge >= 0.3 is 0 Å². The summed E-state index contributed by atoms with van der Waals surface area (Å²) in [6, 6.07) is 12.1. The minimum Gasteiger partial charge on any atom is -0.493 e. The Morgan fingerprint density at radius 1 is 1.32 bits per heavy atom. The molecule has 8 nitrogen and oxygen atoms in total. The van der Waals surface area contributed by atoms with E-state index in [9.17, 15) is 4.79 Å². The highest BCUT2D eigenvalue weighted by Gasteiger charge is 2.27. The number of nitrogens with one attached hydrogen (secondary N) is 1. The van der Waals surface area contributed by atoms with Crippen molar-refractivity contribution in [2.45, 2.75) is 25.4 Å². The summed E-state index contributed by atoms with van der Waals surface area (Å²) >= 11 is 1.55. The van der Waals surface area contributed by atoms with Crippen LogP contribution in [-0.2, 0) is 11.3 Å². The number of rotatable bonds is 9. The lowest BCUT2D eigenvalue weighted by Gasteiger charge is -2.25. The summed E-state index contributed by atoms with van der Waals surface area (Å²) in [6.45, 7) is 1.59. The molecule has 0 bridgehead atoms. The summed E-state index contributed by atoms with van der Waals surface area (Å²) < 4.78 is 10.9. The van der Waals surface area contributed by atoms with Crippen LogP contribution in [0.1, 0.15) is 30.1 Å². The molecule has 1 amide bonds. The Hall–Kier alpha value is -3.17. The van der Waals surface area contributed by atoms with Gasteiger partial charge in [0.2, 0.25) is 0 Å². The van der Waals surface area contributed by atoms with Crippen LogP contribution in [0.25, 0.3) is 0 Å². The van der Waals surface area contributed by atoms with E-state index in [1.165, 1.54) is 0 Å². The number of carbonyl (C=O) groups excluding carboxylic acids is 1. The number of hydrogen-bond acceptors (Lipinski definition) is 8. The minimum atomic E-state index is -0.523. The first-order chi connectivity index (χ1) is 15.1. The number of nitrogens with zero attached hydrogens (tertiary/aromatic N) is 3. The number of ether oxygens (including phenoxy) is 2. The predicted molar refractivity (Wildman–Crippen MR) is 120 cm³/mol. The van der Waals surface area contributed by atoms with Gasteiger partial charge in [0.25, 0.3) is 5.91 Å². The first-order valence-corrected chi connectivity index (χ1v) is 11.0. The maximum Gasteiger partial charge on any atom is 0.255 e. The van der Waals surface area contributed by atoms with Gasteiger partial charge in [-0.1, -0.05) is 12.1 Å². The Morgan fingerprint density at radius 2 is 2.23 bits per heavy atom. The second-order valence-corrected chi connectivity index (χ2v) is 8.17. The number of aromatic nitrogens is 2. The minimum absolute atomic E-state index is 0.180. The van der Waals surface area contributed by atoms with Crippen molar-refractivity contribution in [2.75, 3.05) is 25.6 Å². The molecule has 9 heteroatoms. The van der Waals surface area contributed by atoms with Crippen molar-refractivity contribution in [2.24, 2.45) is 5.73 Å². The van der Waals surface area contributed by atoms with E-state index in [0.717, 1.165) is 48.1 Å². The number of thiazole rings is 1. The Bertz CT molecular complexity index is 1030. The molecule has 1 saturated heterocycles. The van der Waals surface area contributed by atoms with Crippen LogP contribution in [0.3, 0.4) is 0 Å². The van der Waals surface area contributed by atoms with Crippen molar-refractivity contribution >= 4 is 28.2 Å². The second-order valence-electron chi connectivity index (χ2n) is 7.28. The first kappa shape index (κ1) is 21.1. The number of carbonyl (C=O) groups is 1. The monoisotopic (exact) mass is 439 g/mol. The van der Waals surface area contributed by atoms with Crippen LogP contribution in [0.5, 0.6) is 11.5 Å². The Morgan fingerprint density at radius 3 is 3.00 bits per heavy atom. The lowest BCUT2D eigenvalue weighted by molar-refractivity contribution is -0.119. The molecule has 1 aliphatic rings. The fraction of sp³-hybridized carbons (Fsp3) is 0.318. The van der Waals surface area contributed by atoms with Gasteiger partial charge < -0.3 is 20.5 Å². The number of anilines is 2. The van der Waals surface area contributed by atoms with E-state index in [1.807, 2.05) is 35.7 Å². The topological polar surface area (TPSA) is 103 Å². The molecule has 0 spiro atoms. The average Bonchev–Trinajstić information content (AvgIpc) is 3.45. The van der Waals surface area contributed by atoms with E-state index in [-0.39, 0.29) is 12.6 Å². The van der Waals surface area contributed by atoms with Crippen LogP contribution in [0.15, 0.2) is 48.0 Å². The lowest BCUT2D eigenvalue weighted by Crippen LogP contribution is -2.23. The molecule has 4 rings (SSSR count). The molecule has 0 unspecified atom stereocenters. The number of nitrogens with two attached hydrogens (primary N) is 1. The summed E-state index contributed by atoms with van der Waals surface area (Å²) in [5.74, 6) is 1.37. The van der Waals surface area contributed by atoms with Crippen LogP contribution < -0.4 is 20.5 Å². The van der Waals surface area contributed by atoms with Crippen molar-refractivity contribution < 1.29 is 14.3 Å². The van der Waals surface area contributed by atoms with Gasteiger partial charge in [0, 0.05) is 18.1 Å². The smallest absolute Gasteiger partial charge is 0.255 e. The lowest BCUT2D eigenvalue weighted by atomic mass is 10.1. The third-order valence-corrected chi connectivity index (χ3v) is 5.82. The number of primary amides is 1. The first-order valence-electron chi connectivity index (χ1n) is 10.1. The highest BCUT2D eigenvalue weighted by molar-refractivity contribution is 7.13. The number of amides is 1. The molecule has 1 fully saturated rings. The second kappa shape index (κ2) is 9.76. The maximum absolute atomic E-state index is 11.0. The van der Waals surface area contributed by atoms with Crippen LogP contribution in [-0.4, -0.2) is 41.0 Å². The van der Waals surface area contributed by atoms with Gasteiger partial charge in [0.05, 0.1) is 18.8 Å². The van der Waals surface area contributed by atoms with E-state index in [0.29, 0.717) is 11.5 Å². The third-order valence-electron chi connectivity index (χ3n) is 5.13. The van der Waals surface area contributed by atoms with Crippen molar-refractivity contribution in [3.8, 4) is 11.5 Å². The normalized spacial score (nSPS) is 16.2. The summed E-state index contributed by atoms with van der Waals surface area (Å²) in [6.07, 6.45) is 3.95. The Labute approximate surface area is 185 Å². The molecule has 0 aliphatic carbocycles. The van der Waals surface area contributed by atoms with Crippen molar-refractivity contribution in [3.05, 3.63) is 59.2 Å². The van der Waals surface area contributed by atoms with Gasteiger partial charge in [-0.2, -0.15) is 0 Å². The quantitative estimate of drug-likeness (QED) is 0.526. The molecular formula is C22H25N5O3S. The SMILES string of the molecule is COc1cc(CN2CCC[C@H]2c2cccc(Nc3nccs3)n2)ccc1OCC(N)=O. The Balaban J connectivity index is 1.47. The van der Waals surface area contributed by atoms with Gasteiger partial charge in [-0.15, -0.1) is 11.3 Å². The number of hydrogen-bond donors (Lipinski definition) is 2. The van der Waals surface area contributed by atoms with Gasteiger partial charge in [0.1, 0.15) is 5.82 Å². The molecule has 3 N–H and O–H groups in total. The van der Waals surface area contributed by atoms with Crippen LogP contribution >= 0.6 is 11.3 Å².